The third-order valence-corrected chi connectivity index (χ3v) is 3.41. The van der Waals surface area contributed by atoms with Crippen LogP contribution in [-0.4, -0.2) is 31.3 Å². The Kier molecular flexibility index (Phi) is 2.98. The van der Waals surface area contributed by atoms with Crippen LogP contribution in [0.2, 0.25) is 0 Å². The van der Waals surface area contributed by atoms with Gasteiger partial charge in [-0.3, -0.25) is 9.59 Å². The first-order chi connectivity index (χ1) is 8.57. The summed E-state index contributed by atoms with van der Waals surface area (Å²) in [6.45, 7) is 0. The summed E-state index contributed by atoms with van der Waals surface area (Å²) in [7, 11) is 2.71. The van der Waals surface area contributed by atoms with Gasteiger partial charge in [0.15, 0.2) is 5.41 Å². The molecule has 0 radical (unpaired) electrons. The molecule has 0 spiro atoms. The number of methoxy groups -OCH3 is 2. The SMILES string of the molecule is COC(=O)[C@]1(C(=O)O)C[C@@H]1c1ccccc1OC. The molecule has 0 aromatic heterocycles. The van der Waals surface area contributed by atoms with Crippen LogP contribution in [0.25, 0.3) is 0 Å². The van der Waals surface area contributed by atoms with Crippen LogP contribution in [0.15, 0.2) is 24.3 Å². The van der Waals surface area contributed by atoms with Crippen LogP contribution in [-0.2, 0) is 14.3 Å². The molecule has 1 fully saturated rings. The van der Waals surface area contributed by atoms with Gasteiger partial charge in [-0.15, -0.1) is 0 Å². The van der Waals surface area contributed by atoms with Crippen molar-refractivity contribution in [3.05, 3.63) is 29.8 Å². The van der Waals surface area contributed by atoms with Crippen molar-refractivity contribution in [3.63, 3.8) is 0 Å². The van der Waals surface area contributed by atoms with Crippen molar-refractivity contribution < 1.29 is 24.2 Å². The fourth-order valence-corrected chi connectivity index (χ4v) is 2.32. The van der Waals surface area contributed by atoms with Crippen LogP contribution in [0.5, 0.6) is 5.75 Å². The molecule has 0 saturated heterocycles. The third kappa shape index (κ3) is 1.63. The van der Waals surface area contributed by atoms with Crippen molar-refractivity contribution >= 4 is 11.9 Å². The molecule has 0 amide bonds. The van der Waals surface area contributed by atoms with Gasteiger partial charge in [-0.1, -0.05) is 18.2 Å². The summed E-state index contributed by atoms with van der Waals surface area (Å²) < 4.78 is 9.79. The molecule has 2 atom stereocenters. The van der Waals surface area contributed by atoms with Crippen LogP contribution >= 0.6 is 0 Å². The summed E-state index contributed by atoms with van der Waals surface area (Å²) in [6.07, 6.45) is 0.245. The molecule has 1 aromatic rings. The summed E-state index contributed by atoms with van der Waals surface area (Å²) in [6, 6.07) is 7.11. The Bertz CT molecular complexity index is 496. The highest BCUT2D eigenvalue weighted by atomic mass is 16.5. The van der Waals surface area contributed by atoms with E-state index in [1.807, 2.05) is 0 Å². The van der Waals surface area contributed by atoms with Gasteiger partial charge in [-0.25, -0.2) is 0 Å². The predicted molar refractivity (Wildman–Crippen MR) is 62.4 cm³/mol. The molecule has 1 aromatic carbocycles. The highest BCUT2D eigenvalue weighted by Crippen LogP contribution is 2.61. The maximum absolute atomic E-state index is 11.7. The molecule has 0 aliphatic heterocycles. The number of carbonyl (C=O) groups excluding carboxylic acids is 1. The molecule has 1 N–H and O–H groups in total. The van der Waals surface area contributed by atoms with Crippen molar-refractivity contribution in [2.45, 2.75) is 12.3 Å². The van der Waals surface area contributed by atoms with Crippen LogP contribution in [0.1, 0.15) is 17.9 Å². The van der Waals surface area contributed by atoms with Gasteiger partial charge in [0.25, 0.3) is 0 Å². The van der Waals surface area contributed by atoms with E-state index in [1.165, 1.54) is 14.2 Å². The fraction of sp³-hybridized carbons (Fsp3) is 0.385. The molecule has 1 aliphatic carbocycles. The van der Waals surface area contributed by atoms with Gasteiger partial charge in [0, 0.05) is 5.92 Å². The minimum Gasteiger partial charge on any atom is -0.496 e. The van der Waals surface area contributed by atoms with E-state index in [0.717, 1.165) is 5.56 Å². The van der Waals surface area contributed by atoms with Crippen LogP contribution in [0.3, 0.4) is 0 Å². The number of hydrogen-bond acceptors (Lipinski definition) is 4. The van der Waals surface area contributed by atoms with Crippen molar-refractivity contribution in [1.82, 2.24) is 0 Å². The van der Waals surface area contributed by atoms with Crippen LogP contribution in [0.4, 0.5) is 0 Å². The first kappa shape index (κ1) is 12.4. The lowest BCUT2D eigenvalue weighted by Crippen LogP contribution is -2.28. The number of carboxylic acid groups (broad SMARTS) is 1. The lowest BCUT2D eigenvalue weighted by atomic mass is 9.98. The van der Waals surface area contributed by atoms with Gasteiger partial charge in [-0.05, 0) is 18.1 Å². The van der Waals surface area contributed by atoms with E-state index < -0.39 is 23.3 Å². The van der Waals surface area contributed by atoms with Crippen molar-refractivity contribution in [2.75, 3.05) is 14.2 Å². The standard InChI is InChI=1S/C13H14O5/c1-17-10-6-4-3-5-8(10)9-7-13(9,11(14)15)12(16)18-2/h3-6,9H,7H2,1-2H3,(H,14,15)/t9-,13-/m1/s1. The van der Waals surface area contributed by atoms with Gasteiger partial charge in [0.2, 0.25) is 0 Å². The van der Waals surface area contributed by atoms with E-state index in [9.17, 15) is 14.7 Å². The molecule has 5 nitrogen and oxygen atoms in total. The molecule has 0 heterocycles. The zero-order valence-corrected chi connectivity index (χ0v) is 10.2. The molecule has 1 aliphatic rings. The number of aliphatic carboxylic acids is 1. The van der Waals surface area contributed by atoms with E-state index in [0.29, 0.717) is 5.75 Å². The number of ether oxygens (including phenoxy) is 2. The summed E-state index contributed by atoms with van der Waals surface area (Å²) in [4.78, 5) is 23.0. The Labute approximate surface area is 104 Å². The summed E-state index contributed by atoms with van der Waals surface area (Å²) in [5.41, 5.74) is -0.726. The summed E-state index contributed by atoms with van der Waals surface area (Å²) >= 11 is 0. The quantitative estimate of drug-likeness (QED) is 0.646. The maximum atomic E-state index is 11.7. The van der Waals surface area contributed by atoms with Crippen LogP contribution < -0.4 is 4.74 Å². The third-order valence-electron chi connectivity index (χ3n) is 3.41. The van der Waals surface area contributed by atoms with Gasteiger partial charge in [-0.2, -0.15) is 0 Å². The molecular weight excluding hydrogens is 236 g/mol. The van der Waals surface area contributed by atoms with E-state index in [4.69, 9.17) is 4.74 Å². The number of benzene rings is 1. The summed E-state index contributed by atoms with van der Waals surface area (Å²) in [5, 5.41) is 9.26. The first-order valence-corrected chi connectivity index (χ1v) is 5.52. The number of hydrogen-bond donors (Lipinski definition) is 1. The van der Waals surface area contributed by atoms with Gasteiger partial charge < -0.3 is 14.6 Å². The Balaban J connectivity index is 2.38. The Morgan fingerprint density at radius 2 is 2.00 bits per heavy atom. The van der Waals surface area contributed by atoms with Gasteiger partial charge in [0.05, 0.1) is 14.2 Å². The van der Waals surface area contributed by atoms with E-state index in [-0.39, 0.29) is 6.42 Å². The molecule has 18 heavy (non-hydrogen) atoms. The summed E-state index contributed by atoms with van der Waals surface area (Å²) in [5.74, 6) is -1.65. The molecular formula is C13H14O5. The average Bonchev–Trinajstić information content (AvgIpc) is 3.14. The lowest BCUT2D eigenvalue weighted by molar-refractivity contribution is -0.159. The zero-order valence-electron chi connectivity index (χ0n) is 10.2. The smallest absolute Gasteiger partial charge is 0.323 e. The van der Waals surface area contributed by atoms with Gasteiger partial charge in [0.1, 0.15) is 5.75 Å². The number of para-hydroxylation sites is 1. The number of rotatable bonds is 4. The predicted octanol–water partition coefficient (Wildman–Crippen LogP) is 1.43. The van der Waals surface area contributed by atoms with Crippen molar-refractivity contribution in [3.8, 4) is 5.75 Å². The van der Waals surface area contributed by atoms with Crippen LogP contribution in [0, 0.1) is 5.41 Å². The van der Waals surface area contributed by atoms with E-state index in [1.54, 1.807) is 24.3 Å². The second-order valence-corrected chi connectivity index (χ2v) is 4.27. The second-order valence-electron chi connectivity index (χ2n) is 4.27. The lowest BCUT2D eigenvalue weighted by Gasteiger charge is -2.12. The molecule has 96 valence electrons. The van der Waals surface area contributed by atoms with Crippen molar-refractivity contribution in [1.29, 1.82) is 0 Å². The topological polar surface area (TPSA) is 72.8 Å². The Morgan fingerprint density at radius 3 is 2.56 bits per heavy atom. The van der Waals surface area contributed by atoms with Crippen molar-refractivity contribution in [2.24, 2.45) is 5.41 Å². The highest BCUT2D eigenvalue weighted by molar-refractivity contribution is 6.04. The molecule has 2 rings (SSSR count). The molecule has 5 heteroatoms. The molecule has 0 bridgehead atoms. The largest absolute Gasteiger partial charge is 0.496 e. The number of carboxylic acids is 1. The van der Waals surface area contributed by atoms with Gasteiger partial charge >= 0.3 is 11.9 Å². The van der Waals surface area contributed by atoms with E-state index >= 15 is 0 Å². The average molecular weight is 250 g/mol. The maximum Gasteiger partial charge on any atom is 0.323 e. The second kappa shape index (κ2) is 4.33. The highest BCUT2D eigenvalue weighted by Gasteiger charge is 2.68. The number of esters is 1. The Hall–Kier alpha value is -2.04. The minimum atomic E-state index is -1.45. The minimum absolute atomic E-state index is 0.245. The monoisotopic (exact) mass is 250 g/mol. The fourth-order valence-electron chi connectivity index (χ4n) is 2.32. The molecule has 1 saturated carbocycles. The Morgan fingerprint density at radius 1 is 1.33 bits per heavy atom. The first-order valence-electron chi connectivity index (χ1n) is 5.52. The number of carbonyl (C=O) groups is 2. The van der Waals surface area contributed by atoms with E-state index in [2.05, 4.69) is 4.74 Å². The normalized spacial score (nSPS) is 25.3. The zero-order chi connectivity index (χ0) is 13.3. The molecule has 0 unspecified atom stereocenters.